The van der Waals surface area contributed by atoms with E-state index in [1.807, 2.05) is 11.8 Å². The molecule has 2 saturated heterocycles. The molecule has 2 aromatic rings. The zero-order valence-electron chi connectivity index (χ0n) is 32.0. The minimum atomic E-state index is -0.793. The number of esters is 1. The number of likely N-dealkylation sites (tertiary alicyclic amines) is 2. The molecule has 0 unspecified atom stereocenters. The van der Waals surface area contributed by atoms with E-state index in [-0.39, 0.29) is 43.8 Å². The largest absolute Gasteiger partial charge is 0.480 e. The minimum Gasteiger partial charge on any atom is -0.480 e. The van der Waals surface area contributed by atoms with Gasteiger partial charge in [-0.25, -0.2) is 9.97 Å². The van der Waals surface area contributed by atoms with Gasteiger partial charge in [0, 0.05) is 75.6 Å². The molecule has 4 aliphatic rings. The standard InChI is InChI=1S/C21H32N4O3.C19H28N4O3.CH4/c1-2-28-20(27)15-25-13-10-18(11-14-25)23-19(26)7-3-6-17-9-8-16-5-4-12-22-21(16)24-17;24-17(21-16-8-11-23(12-9-16)13-18(25)26)5-1-4-15-7-6-14-3-2-10-20-19(14)22-15;/h8-9,18H,2-7,10-15H2,1H3,(H,22,24)(H,23,26);6-7,16H,1-5,8-13H2,(H,20,22)(H,21,24)(H,25,26);1H4. The van der Waals surface area contributed by atoms with Gasteiger partial charge in [0.05, 0.1) is 19.7 Å². The lowest BCUT2D eigenvalue weighted by atomic mass is 10.0. The molecule has 14 nitrogen and oxygen atoms in total. The van der Waals surface area contributed by atoms with Crippen molar-refractivity contribution in [2.75, 3.05) is 69.6 Å². The van der Waals surface area contributed by atoms with Gasteiger partial charge in [0.15, 0.2) is 0 Å². The highest BCUT2D eigenvalue weighted by Crippen LogP contribution is 2.22. The molecule has 0 radical (unpaired) electrons. The second kappa shape index (κ2) is 22.9. The van der Waals surface area contributed by atoms with E-state index in [2.05, 4.69) is 60.4 Å². The van der Waals surface area contributed by atoms with Crippen molar-refractivity contribution in [1.29, 1.82) is 0 Å². The Bertz CT molecular complexity index is 1540. The van der Waals surface area contributed by atoms with Crippen LogP contribution >= 0.6 is 0 Å². The Labute approximate surface area is 327 Å². The fourth-order valence-electron chi connectivity index (χ4n) is 7.53. The number of amides is 2. The molecule has 2 aromatic heterocycles. The first-order valence-electron chi connectivity index (χ1n) is 20.1. The third kappa shape index (κ3) is 15.0. The summed E-state index contributed by atoms with van der Waals surface area (Å²) in [6.07, 6.45) is 12.1. The predicted molar refractivity (Wildman–Crippen MR) is 214 cm³/mol. The van der Waals surface area contributed by atoms with Crippen molar-refractivity contribution in [3.8, 4) is 0 Å². The fourth-order valence-corrected chi connectivity index (χ4v) is 7.53. The van der Waals surface area contributed by atoms with Crippen LogP contribution in [0.5, 0.6) is 0 Å². The van der Waals surface area contributed by atoms with Gasteiger partial charge < -0.3 is 31.1 Å². The molecule has 6 rings (SSSR count). The molecule has 0 aromatic carbocycles. The summed E-state index contributed by atoms with van der Waals surface area (Å²) in [6, 6.07) is 8.84. The van der Waals surface area contributed by atoms with Gasteiger partial charge in [-0.05, 0) is 107 Å². The minimum absolute atomic E-state index is 0. The fraction of sp³-hybridized carbons (Fsp3) is 0.659. The van der Waals surface area contributed by atoms with E-state index in [4.69, 9.17) is 9.84 Å². The molecule has 0 aliphatic carbocycles. The predicted octanol–water partition coefficient (Wildman–Crippen LogP) is 3.97. The van der Waals surface area contributed by atoms with Gasteiger partial charge in [-0.1, -0.05) is 19.6 Å². The Hall–Kier alpha value is -4.30. The lowest BCUT2D eigenvalue weighted by Gasteiger charge is -2.31. The maximum absolute atomic E-state index is 12.2. The average molecular weight is 765 g/mol. The number of nitrogens with zero attached hydrogens (tertiary/aromatic N) is 4. The number of ether oxygens (including phenoxy) is 1. The number of carbonyl (C=O) groups is 4. The Morgan fingerprint density at radius 1 is 0.745 bits per heavy atom. The van der Waals surface area contributed by atoms with E-state index >= 15 is 0 Å². The smallest absolute Gasteiger partial charge is 0.320 e. The van der Waals surface area contributed by atoms with Crippen LogP contribution in [0.15, 0.2) is 24.3 Å². The Balaban J connectivity index is 0.000000241. The molecular formula is C41H64N8O6. The molecule has 2 fully saturated rings. The van der Waals surface area contributed by atoms with Crippen LogP contribution in [0.3, 0.4) is 0 Å². The summed E-state index contributed by atoms with van der Waals surface area (Å²) in [6.45, 7) is 7.72. The molecule has 0 bridgehead atoms. The number of anilines is 2. The lowest BCUT2D eigenvalue weighted by Crippen LogP contribution is -2.46. The third-order valence-electron chi connectivity index (χ3n) is 10.5. The molecule has 4 aliphatic heterocycles. The van der Waals surface area contributed by atoms with Crippen molar-refractivity contribution in [2.24, 2.45) is 0 Å². The number of hydrogen-bond donors (Lipinski definition) is 5. The molecule has 0 atom stereocenters. The second-order valence-electron chi connectivity index (χ2n) is 14.8. The van der Waals surface area contributed by atoms with E-state index in [0.29, 0.717) is 26.0 Å². The number of rotatable bonds is 15. The lowest BCUT2D eigenvalue weighted by molar-refractivity contribution is -0.145. The molecule has 0 saturated carbocycles. The summed E-state index contributed by atoms with van der Waals surface area (Å²) in [5.74, 6) is 1.25. The van der Waals surface area contributed by atoms with Crippen LogP contribution in [-0.4, -0.2) is 120 Å². The summed E-state index contributed by atoms with van der Waals surface area (Å²) in [5.41, 5.74) is 4.66. The van der Waals surface area contributed by atoms with E-state index in [1.54, 1.807) is 0 Å². The topological polar surface area (TPSA) is 178 Å². The Morgan fingerprint density at radius 2 is 1.20 bits per heavy atom. The molecule has 6 heterocycles. The van der Waals surface area contributed by atoms with Gasteiger partial charge in [-0.15, -0.1) is 0 Å². The number of carbonyl (C=O) groups excluding carboxylic acids is 3. The zero-order valence-corrected chi connectivity index (χ0v) is 32.0. The van der Waals surface area contributed by atoms with Gasteiger partial charge in [-0.2, -0.15) is 0 Å². The highest BCUT2D eigenvalue weighted by molar-refractivity contribution is 5.76. The van der Waals surface area contributed by atoms with Crippen LogP contribution in [0.4, 0.5) is 11.6 Å². The molecule has 55 heavy (non-hydrogen) atoms. The summed E-state index contributed by atoms with van der Waals surface area (Å²) in [5, 5.41) is 21.7. The number of piperidine rings is 2. The van der Waals surface area contributed by atoms with Crippen LogP contribution in [0.2, 0.25) is 0 Å². The highest BCUT2D eigenvalue weighted by atomic mass is 16.5. The van der Waals surface area contributed by atoms with Crippen molar-refractivity contribution in [2.45, 2.75) is 116 Å². The maximum atomic E-state index is 12.2. The molecule has 14 heteroatoms. The normalized spacial score (nSPS) is 17.4. The van der Waals surface area contributed by atoms with Gasteiger partial charge in [0.1, 0.15) is 11.6 Å². The molecule has 2 amide bonds. The number of carboxylic acids is 1. The number of aryl methyl sites for hydroxylation is 4. The summed E-state index contributed by atoms with van der Waals surface area (Å²) in [4.78, 5) is 60.0. The molecule has 5 N–H and O–H groups in total. The quantitative estimate of drug-likeness (QED) is 0.165. The Kier molecular flexibility index (Phi) is 18.1. The highest BCUT2D eigenvalue weighted by Gasteiger charge is 2.23. The third-order valence-corrected chi connectivity index (χ3v) is 10.5. The number of pyridine rings is 2. The van der Waals surface area contributed by atoms with Crippen molar-refractivity contribution < 1.29 is 29.0 Å². The first-order valence-corrected chi connectivity index (χ1v) is 20.1. The van der Waals surface area contributed by atoms with Gasteiger partial charge in [0.25, 0.3) is 0 Å². The number of aromatic nitrogens is 2. The van der Waals surface area contributed by atoms with Crippen molar-refractivity contribution in [3.63, 3.8) is 0 Å². The first kappa shape index (κ1) is 43.4. The SMILES string of the molecule is C.CCOC(=O)CN1CCC(NC(=O)CCCc2ccc3c(n2)NCCC3)CC1.O=C(O)CN1CCC(NC(=O)CCCc2ccc3c(n2)NCCC3)CC1. The molecule has 0 spiro atoms. The van der Waals surface area contributed by atoms with Crippen molar-refractivity contribution in [3.05, 3.63) is 46.8 Å². The van der Waals surface area contributed by atoms with Gasteiger partial charge in [0.2, 0.25) is 11.8 Å². The van der Waals surface area contributed by atoms with Crippen LogP contribution in [0.1, 0.15) is 101 Å². The summed E-state index contributed by atoms with van der Waals surface area (Å²) in [7, 11) is 0. The second-order valence-corrected chi connectivity index (χ2v) is 14.8. The van der Waals surface area contributed by atoms with Crippen LogP contribution in [0.25, 0.3) is 0 Å². The maximum Gasteiger partial charge on any atom is 0.320 e. The van der Waals surface area contributed by atoms with Crippen molar-refractivity contribution in [1.82, 2.24) is 30.4 Å². The summed E-state index contributed by atoms with van der Waals surface area (Å²) >= 11 is 0. The van der Waals surface area contributed by atoms with E-state index in [0.717, 1.165) is 139 Å². The van der Waals surface area contributed by atoms with E-state index < -0.39 is 5.97 Å². The van der Waals surface area contributed by atoms with Crippen molar-refractivity contribution >= 4 is 35.4 Å². The van der Waals surface area contributed by atoms with Crippen LogP contribution in [0, 0.1) is 0 Å². The number of nitrogens with one attached hydrogen (secondary N) is 4. The van der Waals surface area contributed by atoms with Crippen LogP contribution < -0.4 is 21.3 Å². The van der Waals surface area contributed by atoms with Crippen LogP contribution in [-0.2, 0) is 49.6 Å². The van der Waals surface area contributed by atoms with Gasteiger partial charge in [-0.3, -0.25) is 29.0 Å². The van der Waals surface area contributed by atoms with E-state index in [9.17, 15) is 19.2 Å². The van der Waals surface area contributed by atoms with E-state index in [1.165, 1.54) is 11.1 Å². The van der Waals surface area contributed by atoms with Gasteiger partial charge >= 0.3 is 11.9 Å². The number of hydrogen-bond acceptors (Lipinski definition) is 11. The number of aliphatic carboxylic acids is 1. The monoisotopic (exact) mass is 764 g/mol. The summed E-state index contributed by atoms with van der Waals surface area (Å²) < 4.78 is 4.99. The number of fused-ring (bicyclic) bond motifs is 2. The zero-order chi connectivity index (χ0) is 38.1. The molecule has 304 valence electrons. The molecular weight excluding hydrogens is 701 g/mol. The number of carboxylic acid groups (broad SMARTS) is 1. The average Bonchev–Trinajstić information content (AvgIpc) is 3.16. The Morgan fingerprint density at radius 3 is 1.64 bits per heavy atom. The first-order chi connectivity index (χ1) is 26.2.